The van der Waals surface area contributed by atoms with Crippen molar-refractivity contribution in [3.8, 4) is 5.75 Å². The largest absolute Gasteiger partial charge is 0.487 e. The highest BCUT2D eigenvalue weighted by atomic mass is 32.1. The highest BCUT2D eigenvalue weighted by Crippen LogP contribution is 2.30. The van der Waals surface area contributed by atoms with Gasteiger partial charge in [-0.25, -0.2) is 4.39 Å². The van der Waals surface area contributed by atoms with E-state index in [2.05, 4.69) is 5.10 Å². The first kappa shape index (κ1) is 14.8. The lowest BCUT2D eigenvalue weighted by Gasteiger charge is -2.07. The summed E-state index contributed by atoms with van der Waals surface area (Å²) in [5.41, 5.74) is -0.729. The van der Waals surface area contributed by atoms with E-state index in [4.69, 9.17) is 4.74 Å². The van der Waals surface area contributed by atoms with E-state index in [1.165, 1.54) is 24.5 Å². The van der Waals surface area contributed by atoms with Gasteiger partial charge in [-0.15, -0.1) is 11.3 Å². The third-order valence-corrected chi connectivity index (χ3v) is 4.01. The molecule has 116 valence electrons. The Morgan fingerprint density at radius 3 is 2.73 bits per heavy atom. The minimum absolute atomic E-state index is 0.129. The fraction of sp³-hybridized carbons (Fsp3) is 0.214. The van der Waals surface area contributed by atoms with E-state index in [-0.39, 0.29) is 18.1 Å². The minimum atomic E-state index is -4.50. The normalized spacial score (nSPS) is 12.0. The Labute approximate surface area is 126 Å². The molecular formula is C14H10F4N2OS. The van der Waals surface area contributed by atoms with Gasteiger partial charge in [-0.3, -0.25) is 4.68 Å². The van der Waals surface area contributed by atoms with Crippen molar-refractivity contribution in [2.24, 2.45) is 7.05 Å². The van der Waals surface area contributed by atoms with Gasteiger partial charge in [0.25, 0.3) is 0 Å². The summed E-state index contributed by atoms with van der Waals surface area (Å²) < 4.78 is 58.7. The molecule has 0 fully saturated rings. The second-order valence-corrected chi connectivity index (χ2v) is 5.62. The van der Waals surface area contributed by atoms with Crippen LogP contribution in [0.3, 0.4) is 0 Å². The Balaban J connectivity index is 1.80. The first-order valence-corrected chi connectivity index (χ1v) is 7.12. The lowest BCUT2D eigenvalue weighted by molar-refractivity contribution is -0.141. The highest BCUT2D eigenvalue weighted by Gasteiger charge is 2.34. The maximum absolute atomic E-state index is 13.8. The van der Waals surface area contributed by atoms with Gasteiger partial charge in [0.15, 0.2) is 5.69 Å². The van der Waals surface area contributed by atoms with Crippen LogP contribution in [0.1, 0.15) is 11.4 Å². The maximum atomic E-state index is 13.8. The summed E-state index contributed by atoms with van der Waals surface area (Å²) >= 11 is 1.36. The van der Waals surface area contributed by atoms with E-state index in [1.54, 1.807) is 17.5 Å². The SMILES string of the molecule is Cn1nc(C(F)(F)F)cc1COc1cc(F)c2ccsc2c1. The predicted octanol–water partition coefficient (Wildman–Crippen LogP) is 4.37. The fourth-order valence-electron chi connectivity index (χ4n) is 2.02. The molecule has 0 atom stereocenters. The van der Waals surface area contributed by atoms with Gasteiger partial charge in [0.05, 0.1) is 5.69 Å². The molecule has 2 heterocycles. The topological polar surface area (TPSA) is 27.1 Å². The lowest BCUT2D eigenvalue weighted by Crippen LogP contribution is -2.06. The molecule has 0 amide bonds. The van der Waals surface area contributed by atoms with Crippen LogP contribution in [0.4, 0.5) is 17.6 Å². The zero-order chi connectivity index (χ0) is 15.9. The number of aryl methyl sites for hydroxylation is 1. The molecule has 0 spiro atoms. The van der Waals surface area contributed by atoms with Crippen molar-refractivity contribution in [3.63, 3.8) is 0 Å². The molecule has 0 N–H and O–H groups in total. The van der Waals surface area contributed by atoms with Crippen molar-refractivity contribution >= 4 is 21.4 Å². The fourth-order valence-corrected chi connectivity index (χ4v) is 2.85. The number of rotatable bonds is 3. The van der Waals surface area contributed by atoms with Crippen LogP contribution in [0.15, 0.2) is 29.6 Å². The van der Waals surface area contributed by atoms with Crippen LogP contribution < -0.4 is 4.74 Å². The molecule has 1 aromatic carbocycles. The third kappa shape index (κ3) is 2.78. The number of nitrogens with zero attached hydrogens (tertiary/aromatic N) is 2. The van der Waals surface area contributed by atoms with Crippen LogP contribution >= 0.6 is 11.3 Å². The first-order valence-electron chi connectivity index (χ1n) is 6.24. The van der Waals surface area contributed by atoms with Gasteiger partial charge in [0.1, 0.15) is 18.2 Å². The number of ether oxygens (including phenoxy) is 1. The number of thiophene rings is 1. The van der Waals surface area contributed by atoms with Gasteiger partial charge in [-0.05, 0) is 23.6 Å². The molecule has 3 aromatic rings. The zero-order valence-corrected chi connectivity index (χ0v) is 12.1. The first-order chi connectivity index (χ1) is 10.3. The van der Waals surface area contributed by atoms with Crippen LogP contribution in [0.25, 0.3) is 10.1 Å². The molecule has 3 rings (SSSR count). The average Bonchev–Trinajstić information content (AvgIpc) is 3.02. The average molecular weight is 330 g/mol. The number of hydrogen-bond donors (Lipinski definition) is 0. The Morgan fingerprint density at radius 2 is 2.05 bits per heavy atom. The molecular weight excluding hydrogens is 320 g/mol. The summed E-state index contributed by atoms with van der Waals surface area (Å²) in [4.78, 5) is 0. The Kier molecular flexibility index (Phi) is 3.56. The summed E-state index contributed by atoms with van der Waals surface area (Å²) in [5, 5.41) is 5.65. The van der Waals surface area contributed by atoms with Gasteiger partial charge in [0.2, 0.25) is 0 Å². The van der Waals surface area contributed by atoms with Crippen LogP contribution in [-0.4, -0.2) is 9.78 Å². The standard InChI is InChI=1S/C14H10F4N2OS/c1-20-8(4-13(19-20)14(16,17)18)7-21-9-5-11(15)10-2-3-22-12(10)6-9/h2-6H,7H2,1H3. The van der Waals surface area contributed by atoms with Gasteiger partial charge in [-0.1, -0.05) is 0 Å². The van der Waals surface area contributed by atoms with Crippen molar-refractivity contribution in [2.45, 2.75) is 12.8 Å². The molecule has 3 nitrogen and oxygen atoms in total. The Morgan fingerprint density at radius 1 is 1.27 bits per heavy atom. The number of fused-ring (bicyclic) bond motifs is 1. The molecule has 0 aliphatic rings. The van der Waals surface area contributed by atoms with Crippen LogP contribution in [-0.2, 0) is 19.8 Å². The van der Waals surface area contributed by atoms with E-state index in [0.29, 0.717) is 5.39 Å². The van der Waals surface area contributed by atoms with Crippen molar-refractivity contribution in [1.82, 2.24) is 9.78 Å². The number of hydrogen-bond acceptors (Lipinski definition) is 3. The summed E-state index contributed by atoms with van der Waals surface area (Å²) in [6.45, 7) is -0.129. The summed E-state index contributed by atoms with van der Waals surface area (Å²) in [7, 11) is 1.40. The van der Waals surface area contributed by atoms with Gasteiger partial charge in [-0.2, -0.15) is 18.3 Å². The van der Waals surface area contributed by atoms with E-state index in [1.807, 2.05) is 0 Å². The summed E-state index contributed by atoms with van der Waals surface area (Å²) in [6.07, 6.45) is -4.50. The predicted molar refractivity (Wildman–Crippen MR) is 74.3 cm³/mol. The quantitative estimate of drug-likeness (QED) is 0.667. The maximum Gasteiger partial charge on any atom is 0.435 e. The second-order valence-electron chi connectivity index (χ2n) is 4.67. The molecule has 0 saturated carbocycles. The van der Waals surface area contributed by atoms with Gasteiger partial charge >= 0.3 is 6.18 Å². The van der Waals surface area contributed by atoms with Crippen molar-refractivity contribution in [3.05, 3.63) is 46.9 Å². The number of halogens is 4. The Hall–Kier alpha value is -2.09. The number of benzene rings is 1. The van der Waals surface area contributed by atoms with Crippen LogP contribution in [0.2, 0.25) is 0 Å². The molecule has 0 saturated heterocycles. The number of alkyl halides is 3. The van der Waals surface area contributed by atoms with Crippen LogP contribution in [0, 0.1) is 5.82 Å². The van der Waals surface area contributed by atoms with E-state index in [0.717, 1.165) is 15.4 Å². The molecule has 0 bridgehead atoms. The third-order valence-electron chi connectivity index (χ3n) is 3.15. The summed E-state index contributed by atoms with van der Waals surface area (Å²) in [6, 6.07) is 5.45. The molecule has 0 aliphatic heterocycles. The van der Waals surface area contributed by atoms with Gasteiger partial charge < -0.3 is 4.74 Å². The lowest BCUT2D eigenvalue weighted by atomic mass is 10.2. The number of aromatic nitrogens is 2. The van der Waals surface area contributed by atoms with Crippen molar-refractivity contribution in [1.29, 1.82) is 0 Å². The van der Waals surface area contributed by atoms with Crippen molar-refractivity contribution < 1.29 is 22.3 Å². The smallest absolute Gasteiger partial charge is 0.435 e. The van der Waals surface area contributed by atoms with E-state index in [9.17, 15) is 17.6 Å². The molecule has 2 aromatic heterocycles. The van der Waals surface area contributed by atoms with Crippen molar-refractivity contribution in [2.75, 3.05) is 0 Å². The zero-order valence-electron chi connectivity index (χ0n) is 11.3. The highest BCUT2D eigenvalue weighted by molar-refractivity contribution is 7.17. The summed E-state index contributed by atoms with van der Waals surface area (Å²) in [5.74, 6) is -0.156. The monoisotopic (exact) mass is 330 g/mol. The van der Waals surface area contributed by atoms with Gasteiger partial charge in [0, 0.05) is 23.2 Å². The van der Waals surface area contributed by atoms with E-state index >= 15 is 0 Å². The minimum Gasteiger partial charge on any atom is -0.487 e. The molecule has 22 heavy (non-hydrogen) atoms. The van der Waals surface area contributed by atoms with Crippen LogP contribution in [0.5, 0.6) is 5.75 Å². The molecule has 0 aliphatic carbocycles. The second kappa shape index (κ2) is 5.28. The molecule has 0 unspecified atom stereocenters. The van der Waals surface area contributed by atoms with E-state index < -0.39 is 17.7 Å². The molecule has 8 heteroatoms. The Bertz CT molecular complexity index is 822. The molecule has 0 radical (unpaired) electrons.